The van der Waals surface area contributed by atoms with Crippen LogP contribution in [0.15, 0.2) is 34.1 Å². The topological polar surface area (TPSA) is 20.2 Å². The Morgan fingerprint density at radius 2 is 2.18 bits per heavy atom. The summed E-state index contributed by atoms with van der Waals surface area (Å²) in [5.74, 6) is 0. The first-order chi connectivity index (χ1) is 8.06. The lowest BCUT2D eigenvalue weighted by atomic mass is 10.1. The first-order valence-corrected chi connectivity index (χ1v) is 7.23. The molecule has 0 aliphatic rings. The van der Waals surface area contributed by atoms with Crippen molar-refractivity contribution in [1.82, 2.24) is 0 Å². The summed E-state index contributed by atoms with van der Waals surface area (Å²) in [6.07, 6.45) is 0.121. The first kappa shape index (κ1) is 13.1. The molecule has 2 aromatic rings. The third-order valence-corrected chi connectivity index (χ3v) is 5.00. The molecular formula is C13H12BrClOS. The highest BCUT2D eigenvalue weighted by Crippen LogP contribution is 2.32. The Kier molecular flexibility index (Phi) is 4.26. The Balaban J connectivity index is 2.14. The lowest BCUT2D eigenvalue weighted by Crippen LogP contribution is -1.99. The zero-order valence-electron chi connectivity index (χ0n) is 9.28. The van der Waals surface area contributed by atoms with E-state index in [2.05, 4.69) is 15.9 Å². The minimum absolute atomic E-state index is 0.469. The summed E-state index contributed by atoms with van der Waals surface area (Å²) < 4.78 is 1.08. The SMILES string of the molecule is Cc1cc(C(O)Cc2cccc(Cl)c2)sc1Br. The second-order valence-corrected chi connectivity index (χ2v) is 6.79. The van der Waals surface area contributed by atoms with Gasteiger partial charge in [0.1, 0.15) is 0 Å². The van der Waals surface area contributed by atoms with Crippen LogP contribution in [0.2, 0.25) is 5.02 Å². The molecule has 0 fully saturated rings. The van der Waals surface area contributed by atoms with Crippen molar-refractivity contribution in [2.75, 3.05) is 0 Å². The molecule has 0 aliphatic heterocycles. The first-order valence-electron chi connectivity index (χ1n) is 5.24. The number of aliphatic hydroxyl groups is 1. The number of halogens is 2. The van der Waals surface area contributed by atoms with Crippen molar-refractivity contribution in [3.8, 4) is 0 Å². The lowest BCUT2D eigenvalue weighted by Gasteiger charge is -2.08. The standard InChI is InChI=1S/C13H12BrClOS/c1-8-5-12(17-13(8)14)11(16)7-9-3-2-4-10(15)6-9/h2-6,11,16H,7H2,1H3. The van der Waals surface area contributed by atoms with Gasteiger partial charge in [-0.25, -0.2) is 0 Å². The number of aliphatic hydroxyl groups excluding tert-OH is 1. The maximum absolute atomic E-state index is 10.1. The van der Waals surface area contributed by atoms with Crippen LogP contribution in [0.25, 0.3) is 0 Å². The molecule has 2 rings (SSSR count). The minimum atomic E-state index is -0.469. The fourth-order valence-electron chi connectivity index (χ4n) is 1.64. The van der Waals surface area contributed by atoms with Crippen LogP contribution < -0.4 is 0 Å². The van der Waals surface area contributed by atoms with E-state index in [4.69, 9.17) is 11.6 Å². The van der Waals surface area contributed by atoms with Gasteiger partial charge in [0.25, 0.3) is 0 Å². The average Bonchev–Trinajstić information content (AvgIpc) is 2.59. The van der Waals surface area contributed by atoms with Crippen LogP contribution in [0.5, 0.6) is 0 Å². The zero-order chi connectivity index (χ0) is 12.4. The summed E-state index contributed by atoms with van der Waals surface area (Å²) in [7, 11) is 0. The second kappa shape index (κ2) is 5.53. The van der Waals surface area contributed by atoms with E-state index >= 15 is 0 Å². The van der Waals surface area contributed by atoms with Gasteiger partial charge in [0.15, 0.2) is 0 Å². The van der Waals surface area contributed by atoms with Crippen LogP contribution in [0, 0.1) is 6.92 Å². The minimum Gasteiger partial charge on any atom is -0.387 e. The predicted octanol–water partition coefficient (Wildman–Crippen LogP) is 4.75. The molecule has 1 N–H and O–H groups in total. The van der Waals surface area contributed by atoms with E-state index in [-0.39, 0.29) is 0 Å². The van der Waals surface area contributed by atoms with Gasteiger partial charge in [-0.2, -0.15) is 0 Å². The number of benzene rings is 1. The molecule has 17 heavy (non-hydrogen) atoms. The molecule has 1 aromatic carbocycles. The van der Waals surface area contributed by atoms with E-state index in [1.54, 1.807) is 11.3 Å². The molecule has 1 unspecified atom stereocenters. The van der Waals surface area contributed by atoms with Crippen molar-refractivity contribution in [3.05, 3.63) is 55.1 Å². The third-order valence-electron chi connectivity index (χ3n) is 2.52. The molecule has 1 aromatic heterocycles. The van der Waals surface area contributed by atoms with Gasteiger partial charge in [0.2, 0.25) is 0 Å². The smallest absolute Gasteiger partial charge is 0.0922 e. The fraction of sp³-hybridized carbons (Fsp3) is 0.231. The van der Waals surface area contributed by atoms with Gasteiger partial charge in [-0.15, -0.1) is 11.3 Å². The Morgan fingerprint density at radius 3 is 2.76 bits per heavy atom. The van der Waals surface area contributed by atoms with Gasteiger partial charge in [0.05, 0.1) is 9.89 Å². The molecule has 1 nitrogen and oxygen atoms in total. The summed E-state index contributed by atoms with van der Waals surface area (Å²) >= 11 is 11.0. The average molecular weight is 332 g/mol. The molecule has 0 bridgehead atoms. The highest BCUT2D eigenvalue weighted by atomic mass is 79.9. The van der Waals surface area contributed by atoms with Gasteiger partial charge >= 0.3 is 0 Å². The van der Waals surface area contributed by atoms with Crippen LogP contribution in [-0.2, 0) is 6.42 Å². The van der Waals surface area contributed by atoms with Crippen molar-refractivity contribution >= 4 is 38.9 Å². The zero-order valence-corrected chi connectivity index (χ0v) is 12.4. The molecule has 4 heteroatoms. The maximum Gasteiger partial charge on any atom is 0.0922 e. The second-order valence-electron chi connectivity index (χ2n) is 3.96. The molecule has 0 amide bonds. The highest BCUT2D eigenvalue weighted by molar-refractivity contribution is 9.11. The third kappa shape index (κ3) is 3.32. The molecule has 0 saturated carbocycles. The Morgan fingerprint density at radius 1 is 1.41 bits per heavy atom. The molecule has 0 saturated heterocycles. The van der Waals surface area contributed by atoms with Gasteiger partial charge in [-0.3, -0.25) is 0 Å². The number of hydrogen-bond acceptors (Lipinski definition) is 2. The maximum atomic E-state index is 10.1. The molecule has 1 heterocycles. The quantitative estimate of drug-likeness (QED) is 0.860. The van der Waals surface area contributed by atoms with E-state index in [1.165, 1.54) is 0 Å². The largest absolute Gasteiger partial charge is 0.387 e. The summed E-state index contributed by atoms with van der Waals surface area (Å²) in [5, 5.41) is 10.9. The van der Waals surface area contributed by atoms with Crippen LogP contribution in [-0.4, -0.2) is 5.11 Å². The van der Waals surface area contributed by atoms with Gasteiger partial charge in [-0.1, -0.05) is 23.7 Å². The molecular weight excluding hydrogens is 320 g/mol. The highest BCUT2D eigenvalue weighted by Gasteiger charge is 2.13. The van der Waals surface area contributed by atoms with Gasteiger partial charge in [0, 0.05) is 16.3 Å². The number of aryl methyl sites for hydroxylation is 1. The lowest BCUT2D eigenvalue weighted by molar-refractivity contribution is 0.182. The van der Waals surface area contributed by atoms with Crippen LogP contribution >= 0.6 is 38.9 Å². The summed E-state index contributed by atoms with van der Waals surface area (Å²) in [6, 6.07) is 9.62. The predicted molar refractivity (Wildman–Crippen MR) is 76.9 cm³/mol. The van der Waals surface area contributed by atoms with Crippen molar-refractivity contribution in [2.45, 2.75) is 19.4 Å². The summed E-state index contributed by atoms with van der Waals surface area (Å²) in [4.78, 5) is 0.981. The van der Waals surface area contributed by atoms with Crippen LogP contribution in [0.3, 0.4) is 0 Å². The molecule has 90 valence electrons. The number of rotatable bonds is 3. The van der Waals surface area contributed by atoms with E-state index < -0.39 is 6.10 Å². The number of hydrogen-bond donors (Lipinski definition) is 1. The van der Waals surface area contributed by atoms with Gasteiger partial charge < -0.3 is 5.11 Å². The number of thiophene rings is 1. The Labute approximate surface area is 118 Å². The van der Waals surface area contributed by atoms with Crippen LogP contribution in [0.1, 0.15) is 22.1 Å². The molecule has 0 aliphatic carbocycles. The van der Waals surface area contributed by atoms with E-state index in [0.29, 0.717) is 11.4 Å². The molecule has 0 spiro atoms. The van der Waals surface area contributed by atoms with E-state index in [0.717, 1.165) is 19.8 Å². The monoisotopic (exact) mass is 330 g/mol. The van der Waals surface area contributed by atoms with E-state index in [1.807, 2.05) is 37.3 Å². The van der Waals surface area contributed by atoms with E-state index in [9.17, 15) is 5.11 Å². The van der Waals surface area contributed by atoms with Crippen molar-refractivity contribution < 1.29 is 5.11 Å². The van der Waals surface area contributed by atoms with Crippen molar-refractivity contribution in [1.29, 1.82) is 0 Å². The molecule has 1 atom stereocenters. The molecule has 0 radical (unpaired) electrons. The van der Waals surface area contributed by atoms with Crippen LogP contribution in [0.4, 0.5) is 0 Å². The Bertz CT molecular complexity index is 504. The summed E-state index contributed by atoms with van der Waals surface area (Å²) in [6.45, 7) is 2.02. The van der Waals surface area contributed by atoms with Gasteiger partial charge in [-0.05, 0) is 52.2 Å². The summed E-state index contributed by atoms with van der Waals surface area (Å²) in [5.41, 5.74) is 2.21. The Hall–Kier alpha value is -0.350. The van der Waals surface area contributed by atoms with Crippen molar-refractivity contribution in [2.24, 2.45) is 0 Å². The fourth-order valence-corrected chi connectivity index (χ4v) is 3.41. The van der Waals surface area contributed by atoms with Crippen molar-refractivity contribution in [3.63, 3.8) is 0 Å². The normalized spacial score (nSPS) is 12.7.